The fourth-order valence-electron chi connectivity index (χ4n) is 0.696. The second kappa shape index (κ2) is 5.51. The van der Waals surface area contributed by atoms with Gasteiger partial charge in [-0.15, -0.1) is 0 Å². The third kappa shape index (κ3) is 6.58. The summed E-state index contributed by atoms with van der Waals surface area (Å²) in [4.78, 5) is 5.40. The molecule has 0 aromatic heterocycles. The fourth-order valence-corrected chi connectivity index (χ4v) is 0.696. The van der Waals surface area contributed by atoms with Gasteiger partial charge in [0.1, 0.15) is 0 Å². The predicted octanol–water partition coefficient (Wildman–Crippen LogP) is 1.73. The molecule has 0 amide bonds. The molecule has 0 radical (unpaired) electrons. The smallest absolute Gasteiger partial charge is 0.0813 e. The molecule has 1 unspecified atom stereocenters. The molecule has 12 heavy (non-hydrogen) atoms. The summed E-state index contributed by atoms with van der Waals surface area (Å²) in [7, 11) is 1.70. The maximum absolute atomic E-state index is 5.40. The largest absolute Gasteiger partial charge is 0.383 e. The minimum atomic E-state index is -0.138. The van der Waals surface area contributed by atoms with E-state index in [0.717, 1.165) is 6.42 Å². The van der Waals surface area contributed by atoms with Crippen LogP contribution in [-0.4, -0.2) is 25.4 Å². The van der Waals surface area contributed by atoms with E-state index in [4.69, 9.17) is 9.57 Å². The van der Waals surface area contributed by atoms with E-state index in [-0.39, 0.29) is 11.6 Å². The second-order valence-corrected chi connectivity index (χ2v) is 3.89. The number of methoxy groups -OCH3 is 1. The highest BCUT2D eigenvalue weighted by Crippen LogP contribution is 2.05. The molecule has 0 aromatic carbocycles. The molecule has 3 nitrogen and oxygen atoms in total. The molecule has 0 saturated heterocycles. The van der Waals surface area contributed by atoms with Crippen molar-refractivity contribution in [1.82, 2.24) is 5.48 Å². The Hall–Kier alpha value is -0.120. The van der Waals surface area contributed by atoms with Gasteiger partial charge in [-0.1, -0.05) is 6.92 Å². The molecule has 0 aromatic rings. The lowest BCUT2D eigenvalue weighted by molar-refractivity contribution is -0.0968. The molecule has 1 N–H and O–H groups in total. The van der Waals surface area contributed by atoms with Crippen LogP contribution in [0.3, 0.4) is 0 Å². The molecule has 3 heteroatoms. The first-order chi connectivity index (χ1) is 5.49. The van der Waals surface area contributed by atoms with Crippen molar-refractivity contribution in [2.45, 2.75) is 45.8 Å². The molecule has 0 fully saturated rings. The average molecular weight is 175 g/mol. The molecule has 0 saturated carbocycles. The maximum Gasteiger partial charge on any atom is 0.0813 e. The zero-order valence-corrected chi connectivity index (χ0v) is 8.81. The summed E-state index contributed by atoms with van der Waals surface area (Å²) in [5, 5.41) is 0. The van der Waals surface area contributed by atoms with Crippen molar-refractivity contribution in [3.05, 3.63) is 0 Å². The minimum Gasteiger partial charge on any atom is -0.383 e. The van der Waals surface area contributed by atoms with Crippen LogP contribution in [0.1, 0.15) is 34.1 Å². The van der Waals surface area contributed by atoms with E-state index in [9.17, 15) is 0 Å². The second-order valence-electron chi connectivity index (χ2n) is 3.89. The Morgan fingerprint density at radius 1 is 1.33 bits per heavy atom. The van der Waals surface area contributed by atoms with E-state index in [1.807, 2.05) is 20.8 Å². The van der Waals surface area contributed by atoms with Crippen LogP contribution in [0.2, 0.25) is 0 Å². The van der Waals surface area contributed by atoms with Gasteiger partial charge in [-0.2, -0.15) is 5.48 Å². The first-order valence-corrected chi connectivity index (χ1v) is 4.42. The highest BCUT2D eigenvalue weighted by atomic mass is 16.7. The van der Waals surface area contributed by atoms with Crippen LogP contribution >= 0.6 is 0 Å². The van der Waals surface area contributed by atoms with Crippen molar-refractivity contribution in [3.8, 4) is 0 Å². The molecular weight excluding hydrogens is 154 g/mol. The first-order valence-electron chi connectivity index (χ1n) is 4.42. The van der Waals surface area contributed by atoms with Crippen LogP contribution in [0.15, 0.2) is 0 Å². The molecule has 0 rings (SSSR count). The van der Waals surface area contributed by atoms with Crippen molar-refractivity contribution in [2.24, 2.45) is 0 Å². The molecular formula is C9H21NO2. The zero-order valence-electron chi connectivity index (χ0n) is 8.81. The third-order valence-corrected chi connectivity index (χ3v) is 1.39. The van der Waals surface area contributed by atoms with Crippen molar-refractivity contribution < 1.29 is 9.57 Å². The Morgan fingerprint density at radius 2 is 1.92 bits per heavy atom. The van der Waals surface area contributed by atoms with Crippen molar-refractivity contribution in [3.63, 3.8) is 0 Å². The molecule has 0 bridgehead atoms. The van der Waals surface area contributed by atoms with Gasteiger partial charge in [-0.05, 0) is 27.2 Å². The van der Waals surface area contributed by atoms with E-state index in [2.05, 4.69) is 12.4 Å². The third-order valence-electron chi connectivity index (χ3n) is 1.39. The van der Waals surface area contributed by atoms with Crippen molar-refractivity contribution in [2.75, 3.05) is 13.7 Å². The number of hydrogen-bond acceptors (Lipinski definition) is 3. The van der Waals surface area contributed by atoms with E-state index < -0.39 is 0 Å². The SMILES string of the molecule is CCC(COC)NOC(C)(C)C. The average Bonchev–Trinajstić information content (AvgIpc) is 1.96. The van der Waals surface area contributed by atoms with Gasteiger partial charge in [0.2, 0.25) is 0 Å². The summed E-state index contributed by atoms with van der Waals surface area (Å²) in [6, 6.07) is 0.286. The van der Waals surface area contributed by atoms with Gasteiger partial charge in [0.15, 0.2) is 0 Å². The standard InChI is InChI=1S/C9H21NO2/c1-6-8(7-11-5)10-12-9(2,3)4/h8,10H,6-7H2,1-5H3. The lowest BCUT2D eigenvalue weighted by Crippen LogP contribution is -2.38. The highest BCUT2D eigenvalue weighted by molar-refractivity contribution is 4.61. The van der Waals surface area contributed by atoms with Gasteiger partial charge in [0.25, 0.3) is 0 Å². The van der Waals surface area contributed by atoms with Crippen LogP contribution < -0.4 is 5.48 Å². The summed E-state index contributed by atoms with van der Waals surface area (Å²) >= 11 is 0. The fraction of sp³-hybridized carbons (Fsp3) is 1.00. The molecule has 1 atom stereocenters. The Kier molecular flexibility index (Phi) is 5.46. The quantitative estimate of drug-likeness (QED) is 0.645. The van der Waals surface area contributed by atoms with E-state index in [0.29, 0.717) is 6.61 Å². The Morgan fingerprint density at radius 3 is 2.25 bits per heavy atom. The van der Waals surface area contributed by atoms with Crippen molar-refractivity contribution in [1.29, 1.82) is 0 Å². The first kappa shape index (κ1) is 11.9. The van der Waals surface area contributed by atoms with Crippen LogP contribution in [0.5, 0.6) is 0 Å². The lowest BCUT2D eigenvalue weighted by atomic mass is 10.2. The van der Waals surface area contributed by atoms with E-state index in [1.54, 1.807) is 7.11 Å². The maximum atomic E-state index is 5.40. The number of hydrogen-bond donors (Lipinski definition) is 1. The lowest BCUT2D eigenvalue weighted by Gasteiger charge is -2.23. The van der Waals surface area contributed by atoms with Gasteiger partial charge < -0.3 is 4.74 Å². The number of rotatable bonds is 5. The van der Waals surface area contributed by atoms with Gasteiger partial charge >= 0.3 is 0 Å². The highest BCUT2D eigenvalue weighted by Gasteiger charge is 2.13. The molecule has 0 spiro atoms. The summed E-state index contributed by atoms with van der Waals surface area (Å²) < 4.78 is 5.02. The Balaban J connectivity index is 3.58. The molecule has 0 aliphatic heterocycles. The van der Waals surface area contributed by atoms with Crippen molar-refractivity contribution >= 4 is 0 Å². The number of nitrogens with one attached hydrogen (secondary N) is 1. The number of hydroxylamine groups is 1. The monoisotopic (exact) mass is 175 g/mol. The van der Waals surface area contributed by atoms with E-state index in [1.165, 1.54) is 0 Å². The molecule has 0 heterocycles. The van der Waals surface area contributed by atoms with Crippen LogP contribution in [0, 0.1) is 0 Å². The van der Waals surface area contributed by atoms with Gasteiger partial charge in [0.05, 0.1) is 18.2 Å². The molecule has 0 aliphatic carbocycles. The number of ether oxygens (including phenoxy) is 1. The van der Waals surface area contributed by atoms with Crippen LogP contribution in [0.25, 0.3) is 0 Å². The Bertz CT molecular complexity index is 110. The molecule has 0 aliphatic rings. The molecule has 74 valence electrons. The zero-order chi connectivity index (χ0) is 9.61. The summed E-state index contributed by atoms with van der Waals surface area (Å²) in [5.74, 6) is 0. The van der Waals surface area contributed by atoms with Gasteiger partial charge in [-0.25, -0.2) is 0 Å². The summed E-state index contributed by atoms with van der Waals surface area (Å²) in [5.41, 5.74) is 2.85. The van der Waals surface area contributed by atoms with Gasteiger partial charge in [0, 0.05) is 7.11 Å². The van der Waals surface area contributed by atoms with Gasteiger partial charge in [-0.3, -0.25) is 4.84 Å². The minimum absolute atomic E-state index is 0.138. The topological polar surface area (TPSA) is 30.5 Å². The van der Waals surface area contributed by atoms with Crippen LogP contribution in [0.4, 0.5) is 0 Å². The predicted molar refractivity (Wildman–Crippen MR) is 49.9 cm³/mol. The van der Waals surface area contributed by atoms with E-state index >= 15 is 0 Å². The van der Waals surface area contributed by atoms with Crippen LogP contribution in [-0.2, 0) is 9.57 Å². The normalized spacial score (nSPS) is 14.8. The summed E-state index contributed by atoms with van der Waals surface area (Å²) in [6.45, 7) is 8.83. The Labute approximate surface area is 75.4 Å². The summed E-state index contributed by atoms with van der Waals surface area (Å²) in [6.07, 6.45) is 1.00.